The predicted molar refractivity (Wildman–Crippen MR) is 131 cm³/mol. The van der Waals surface area contributed by atoms with E-state index < -0.39 is 23.7 Å². The number of para-hydroxylation sites is 1. The molecule has 1 aliphatic heterocycles. The van der Waals surface area contributed by atoms with Crippen LogP contribution in [0, 0.1) is 0 Å². The Morgan fingerprint density at radius 1 is 0.923 bits per heavy atom. The fourth-order valence-electron chi connectivity index (χ4n) is 4.73. The van der Waals surface area contributed by atoms with Crippen molar-refractivity contribution in [2.75, 3.05) is 0 Å². The predicted octanol–water partition coefficient (Wildman–Crippen LogP) is 5.48. The van der Waals surface area contributed by atoms with Crippen LogP contribution in [-0.4, -0.2) is 30.9 Å². The number of halogens is 3. The fraction of sp³-hybridized carbons (Fsp3) is 0.0741. The maximum Gasteiger partial charge on any atom is 0.573 e. The number of benzene rings is 2. The number of rotatable bonds is 3. The van der Waals surface area contributed by atoms with Crippen LogP contribution in [0.5, 0.6) is 17.4 Å². The number of ether oxygens (including phenoxy) is 2. The van der Waals surface area contributed by atoms with Gasteiger partial charge in [0, 0.05) is 6.20 Å². The van der Waals surface area contributed by atoms with E-state index in [1.807, 2.05) is 0 Å². The number of hydrogen-bond acceptors (Lipinski definition) is 8. The molecule has 6 aromatic rings. The molecule has 192 valence electrons. The maximum atomic E-state index is 13.4. The second-order valence-electron chi connectivity index (χ2n) is 8.66. The highest BCUT2D eigenvalue weighted by Gasteiger charge is 2.38. The van der Waals surface area contributed by atoms with Crippen molar-refractivity contribution in [2.45, 2.75) is 12.3 Å². The molecular weight excluding hydrogens is 515 g/mol. The molecule has 0 saturated heterocycles. The van der Waals surface area contributed by atoms with E-state index in [0.717, 1.165) is 0 Å². The minimum atomic E-state index is -4.85. The molecule has 0 spiro atoms. The summed E-state index contributed by atoms with van der Waals surface area (Å²) in [6.07, 6.45) is -1.81. The quantitative estimate of drug-likeness (QED) is 0.277. The lowest BCUT2D eigenvalue weighted by Crippen LogP contribution is -2.22. The first-order valence-corrected chi connectivity index (χ1v) is 11.6. The van der Waals surface area contributed by atoms with Crippen molar-refractivity contribution < 1.29 is 27.1 Å². The zero-order valence-electron chi connectivity index (χ0n) is 19.6. The van der Waals surface area contributed by atoms with E-state index in [0.29, 0.717) is 39.3 Å². The first kappa shape index (κ1) is 22.9. The van der Waals surface area contributed by atoms with E-state index >= 15 is 0 Å². The molecule has 7 rings (SSSR count). The SMILES string of the molecule is O=c1oc2ccccc2c2c1C(c1ccc(OC(F)(F)F)cc1)c1c(ncn3nc(-c4ccccn4)nc13)O2. The molecule has 1 atom stereocenters. The van der Waals surface area contributed by atoms with Crippen molar-refractivity contribution in [2.24, 2.45) is 0 Å². The Hall–Kier alpha value is -5.26. The van der Waals surface area contributed by atoms with Gasteiger partial charge in [0.15, 0.2) is 11.4 Å². The van der Waals surface area contributed by atoms with Crippen LogP contribution < -0.4 is 15.1 Å². The van der Waals surface area contributed by atoms with Crippen LogP contribution in [0.3, 0.4) is 0 Å². The third kappa shape index (κ3) is 3.84. The van der Waals surface area contributed by atoms with Crippen molar-refractivity contribution in [3.05, 3.63) is 106 Å². The van der Waals surface area contributed by atoms with E-state index in [1.54, 1.807) is 48.7 Å². The topological polar surface area (TPSA) is 105 Å². The average Bonchev–Trinajstić information content (AvgIpc) is 3.37. The summed E-state index contributed by atoms with van der Waals surface area (Å²) in [5.74, 6) is -0.528. The van der Waals surface area contributed by atoms with Gasteiger partial charge in [-0.3, -0.25) is 4.98 Å². The molecule has 0 amide bonds. The van der Waals surface area contributed by atoms with E-state index in [-0.39, 0.29) is 17.2 Å². The van der Waals surface area contributed by atoms with Crippen molar-refractivity contribution >= 4 is 16.6 Å². The first-order chi connectivity index (χ1) is 18.9. The summed E-state index contributed by atoms with van der Waals surface area (Å²) < 4.78 is 55.6. The number of aromatic nitrogens is 5. The van der Waals surface area contributed by atoms with E-state index in [9.17, 15) is 18.0 Å². The van der Waals surface area contributed by atoms with Crippen molar-refractivity contribution in [3.8, 4) is 28.9 Å². The zero-order chi connectivity index (χ0) is 26.7. The summed E-state index contributed by atoms with van der Waals surface area (Å²) in [4.78, 5) is 26.8. The van der Waals surface area contributed by atoms with Gasteiger partial charge in [-0.2, -0.15) is 0 Å². The second kappa shape index (κ2) is 8.38. The van der Waals surface area contributed by atoms with Gasteiger partial charge in [-0.25, -0.2) is 19.3 Å². The number of fused-ring (bicyclic) bond motifs is 6. The van der Waals surface area contributed by atoms with Crippen LogP contribution in [0.15, 0.2) is 88.5 Å². The van der Waals surface area contributed by atoms with Crippen molar-refractivity contribution in [1.29, 1.82) is 0 Å². The largest absolute Gasteiger partial charge is 0.573 e. The second-order valence-corrected chi connectivity index (χ2v) is 8.66. The molecule has 5 heterocycles. The van der Waals surface area contributed by atoms with Gasteiger partial charge in [-0.05, 0) is 42.0 Å². The summed E-state index contributed by atoms with van der Waals surface area (Å²) in [6.45, 7) is 0. The van der Waals surface area contributed by atoms with Gasteiger partial charge in [-0.15, -0.1) is 18.3 Å². The summed E-state index contributed by atoms with van der Waals surface area (Å²) >= 11 is 0. The smallest absolute Gasteiger partial charge is 0.437 e. The highest BCUT2D eigenvalue weighted by molar-refractivity contribution is 5.86. The Balaban J connectivity index is 1.49. The third-order valence-electron chi connectivity index (χ3n) is 6.30. The molecular formula is C27H14F3N5O4. The van der Waals surface area contributed by atoms with Crippen LogP contribution in [0.1, 0.15) is 22.6 Å². The highest BCUT2D eigenvalue weighted by atomic mass is 19.4. The lowest BCUT2D eigenvalue weighted by atomic mass is 9.84. The van der Waals surface area contributed by atoms with E-state index in [4.69, 9.17) is 9.15 Å². The molecule has 4 aromatic heterocycles. The molecule has 0 fully saturated rings. The summed E-state index contributed by atoms with van der Waals surface area (Å²) in [6, 6.07) is 17.4. The van der Waals surface area contributed by atoms with Crippen LogP contribution in [0.2, 0.25) is 0 Å². The number of pyridine rings is 1. The Bertz CT molecular complexity index is 1940. The molecule has 0 radical (unpaired) electrons. The number of hydrogen-bond donors (Lipinski definition) is 0. The Kier molecular flexibility index (Phi) is 4.92. The van der Waals surface area contributed by atoms with Crippen LogP contribution in [0.25, 0.3) is 28.1 Å². The molecule has 1 unspecified atom stereocenters. The van der Waals surface area contributed by atoms with Crippen molar-refractivity contribution in [3.63, 3.8) is 0 Å². The summed E-state index contributed by atoms with van der Waals surface area (Å²) in [7, 11) is 0. The number of nitrogens with zero attached hydrogens (tertiary/aromatic N) is 5. The van der Waals surface area contributed by atoms with Gasteiger partial charge < -0.3 is 13.9 Å². The molecule has 1 aliphatic rings. The molecule has 0 bridgehead atoms. The third-order valence-corrected chi connectivity index (χ3v) is 6.30. The maximum absolute atomic E-state index is 13.4. The van der Waals surface area contributed by atoms with E-state index in [2.05, 4.69) is 24.8 Å². The van der Waals surface area contributed by atoms with Crippen molar-refractivity contribution in [1.82, 2.24) is 24.6 Å². The van der Waals surface area contributed by atoms with Crippen LogP contribution in [0.4, 0.5) is 13.2 Å². The Morgan fingerprint density at radius 2 is 1.72 bits per heavy atom. The lowest BCUT2D eigenvalue weighted by Gasteiger charge is -2.27. The van der Waals surface area contributed by atoms with Gasteiger partial charge in [0.2, 0.25) is 11.7 Å². The van der Waals surface area contributed by atoms with Crippen LogP contribution in [-0.2, 0) is 0 Å². The average molecular weight is 529 g/mol. The molecule has 12 heteroatoms. The number of alkyl halides is 3. The Morgan fingerprint density at radius 3 is 2.49 bits per heavy atom. The fourth-order valence-corrected chi connectivity index (χ4v) is 4.73. The zero-order valence-corrected chi connectivity index (χ0v) is 19.6. The first-order valence-electron chi connectivity index (χ1n) is 11.6. The van der Waals surface area contributed by atoms with Gasteiger partial charge in [-0.1, -0.05) is 30.3 Å². The van der Waals surface area contributed by atoms with Crippen LogP contribution >= 0.6 is 0 Å². The minimum absolute atomic E-state index is 0.156. The van der Waals surface area contributed by atoms with Gasteiger partial charge >= 0.3 is 12.0 Å². The summed E-state index contributed by atoms with van der Waals surface area (Å²) in [5, 5.41) is 5.02. The van der Waals surface area contributed by atoms with Gasteiger partial charge in [0.1, 0.15) is 23.4 Å². The molecule has 9 nitrogen and oxygen atoms in total. The molecule has 2 aromatic carbocycles. The lowest BCUT2D eigenvalue weighted by molar-refractivity contribution is -0.274. The minimum Gasteiger partial charge on any atom is -0.437 e. The Labute approximate surface area is 216 Å². The molecule has 0 saturated carbocycles. The molecule has 0 N–H and O–H groups in total. The molecule has 39 heavy (non-hydrogen) atoms. The molecule has 0 aliphatic carbocycles. The standard InChI is InChI=1S/C27H14F3N5O4/c28-27(29,30)39-15-10-8-14(9-11-15)19-20-22(16-5-1-2-7-18(16)37-26(20)36)38-25-21(19)24-33-23(34-35(24)13-32-25)17-6-3-4-12-31-17/h1-13,19H. The van der Waals surface area contributed by atoms with Gasteiger partial charge in [0.05, 0.1) is 22.4 Å². The highest BCUT2D eigenvalue weighted by Crippen LogP contribution is 2.49. The summed E-state index contributed by atoms with van der Waals surface area (Å²) in [5.41, 5.74) is 1.52. The monoisotopic (exact) mass is 529 g/mol. The van der Waals surface area contributed by atoms with E-state index in [1.165, 1.54) is 35.1 Å². The van der Waals surface area contributed by atoms with Gasteiger partial charge in [0.25, 0.3) is 0 Å². The normalized spacial score (nSPS) is 14.6.